The van der Waals surface area contributed by atoms with E-state index in [4.69, 9.17) is 0 Å². The number of benzene rings is 3. The first-order valence-electron chi connectivity index (χ1n) is 9.09. The maximum Gasteiger partial charge on any atom is 0.115 e. The molecule has 0 aliphatic rings. The van der Waals surface area contributed by atoms with Crippen molar-refractivity contribution in [2.45, 2.75) is 38.0 Å². The van der Waals surface area contributed by atoms with Crippen LogP contribution in [0.25, 0.3) is 0 Å². The molecule has 0 saturated carbocycles. The zero-order valence-electron chi connectivity index (χ0n) is 16.0. The smallest absolute Gasteiger partial charge is 0.115 e. The molecule has 0 unspecified atom stereocenters. The molecule has 0 aliphatic heterocycles. The van der Waals surface area contributed by atoms with Crippen LogP contribution in [0.5, 0.6) is 17.2 Å². The van der Waals surface area contributed by atoms with Crippen LogP contribution in [0, 0.1) is 0 Å². The van der Waals surface area contributed by atoms with Crippen LogP contribution < -0.4 is 0 Å². The molecular weight excluding hydrogens is 336 g/mol. The Balaban J connectivity index is 2.07. The van der Waals surface area contributed by atoms with Crippen LogP contribution in [-0.4, -0.2) is 15.3 Å². The van der Waals surface area contributed by atoms with Gasteiger partial charge in [-0.05, 0) is 64.9 Å². The largest absolute Gasteiger partial charge is 0.508 e. The van der Waals surface area contributed by atoms with Crippen molar-refractivity contribution in [2.75, 3.05) is 0 Å². The fraction of sp³-hybridized carbons (Fsp3) is 0.250. The first-order valence-corrected chi connectivity index (χ1v) is 9.09. The molecule has 3 nitrogen and oxygen atoms in total. The Morgan fingerprint density at radius 2 is 0.815 bits per heavy atom. The monoisotopic (exact) mass is 362 g/mol. The molecular formula is C24H26O3. The molecule has 0 radical (unpaired) electrons. The van der Waals surface area contributed by atoms with Crippen molar-refractivity contribution >= 4 is 0 Å². The van der Waals surface area contributed by atoms with Gasteiger partial charge in [-0.15, -0.1) is 0 Å². The lowest BCUT2D eigenvalue weighted by molar-refractivity contribution is 0.368. The maximum absolute atomic E-state index is 9.71. The van der Waals surface area contributed by atoms with Gasteiger partial charge in [0.2, 0.25) is 0 Å². The van der Waals surface area contributed by atoms with Crippen molar-refractivity contribution in [3.05, 3.63) is 89.5 Å². The summed E-state index contributed by atoms with van der Waals surface area (Å²) in [5, 5.41) is 29.0. The first kappa shape index (κ1) is 18.8. The van der Waals surface area contributed by atoms with Crippen LogP contribution in [-0.2, 0) is 10.8 Å². The van der Waals surface area contributed by atoms with Crippen molar-refractivity contribution in [1.29, 1.82) is 0 Å². The lowest BCUT2D eigenvalue weighted by Crippen LogP contribution is -2.33. The molecule has 0 aliphatic carbocycles. The topological polar surface area (TPSA) is 60.7 Å². The predicted octanol–water partition coefficient (Wildman–Crippen LogP) is 5.48. The molecule has 3 heteroatoms. The lowest BCUT2D eigenvalue weighted by atomic mass is 9.64. The van der Waals surface area contributed by atoms with Crippen molar-refractivity contribution in [3.63, 3.8) is 0 Å². The maximum atomic E-state index is 9.71. The van der Waals surface area contributed by atoms with Crippen LogP contribution in [0.1, 0.15) is 43.9 Å². The Hall–Kier alpha value is -2.94. The quantitative estimate of drug-likeness (QED) is 0.563. The van der Waals surface area contributed by atoms with Crippen LogP contribution >= 0.6 is 0 Å². The minimum absolute atomic E-state index is 0.168. The summed E-state index contributed by atoms with van der Waals surface area (Å²) < 4.78 is 0. The molecule has 0 amide bonds. The van der Waals surface area contributed by atoms with E-state index in [9.17, 15) is 15.3 Å². The van der Waals surface area contributed by atoms with E-state index in [1.165, 1.54) is 0 Å². The first-order chi connectivity index (χ1) is 12.7. The Morgan fingerprint density at radius 1 is 0.519 bits per heavy atom. The molecule has 0 atom stereocenters. The molecule has 0 heterocycles. The number of hydrogen-bond donors (Lipinski definition) is 3. The predicted molar refractivity (Wildman–Crippen MR) is 108 cm³/mol. The summed E-state index contributed by atoms with van der Waals surface area (Å²) in [7, 11) is 0. The van der Waals surface area contributed by atoms with Gasteiger partial charge in [0.1, 0.15) is 17.2 Å². The van der Waals surface area contributed by atoms with Gasteiger partial charge in [0.25, 0.3) is 0 Å². The second-order valence-electron chi connectivity index (χ2n) is 8.03. The highest BCUT2D eigenvalue weighted by Gasteiger charge is 2.36. The third kappa shape index (κ3) is 3.92. The van der Waals surface area contributed by atoms with E-state index in [1.54, 1.807) is 36.4 Å². The summed E-state index contributed by atoms with van der Waals surface area (Å²) >= 11 is 0. The molecule has 3 aromatic carbocycles. The van der Waals surface area contributed by atoms with Crippen LogP contribution in [0.2, 0.25) is 0 Å². The number of hydrogen-bond acceptors (Lipinski definition) is 3. The molecule has 0 spiro atoms. The molecule has 0 aromatic heterocycles. The summed E-state index contributed by atoms with van der Waals surface area (Å²) in [5.74, 6) is 0.739. The fourth-order valence-corrected chi connectivity index (χ4v) is 3.93. The Kier molecular flexibility index (Phi) is 4.88. The van der Waals surface area contributed by atoms with E-state index < -0.39 is 0 Å². The highest BCUT2D eigenvalue weighted by atomic mass is 16.3. The highest BCUT2D eigenvalue weighted by molar-refractivity contribution is 5.44. The number of rotatable bonds is 5. The van der Waals surface area contributed by atoms with E-state index in [0.29, 0.717) is 0 Å². The van der Waals surface area contributed by atoms with Crippen molar-refractivity contribution in [3.8, 4) is 17.2 Å². The number of aromatic hydroxyl groups is 3. The van der Waals surface area contributed by atoms with E-state index in [0.717, 1.165) is 23.1 Å². The average molecular weight is 362 g/mol. The second-order valence-corrected chi connectivity index (χ2v) is 8.03. The van der Waals surface area contributed by atoms with Gasteiger partial charge in [-0.2, -0.15) is 0 Å². The minimum Gasteiger partial charge on any atom is -0.508 e. The minimum atomic E-state index is -0.331. The van der Waals surface area contributed by atoms with Crippen LogP contribution in [0.3, 0.4) is 0 Å². The summed E-state index contributed by atoms with van der Waals surface area (Å²) in [6.45, 7) is 6.57. The van der Waals surface area contributed by atoms with Gasteiger partial charge in [0, 0.05) is 5.41 Å². The summed E-state index contributed by atoms with van der Waals surface area (Å²) in [6.07, 6.45) is 0.806. The van der Waals surface area contributed by atoms with Crippen LogP contribution in [0.15, 0.2) is 72.8 Å². The van der Waals surface area contributed by atoms with E-state index in [1.807, 2.05) is 36.4 Å². The number of phenols is 3. The third-order valence-electron chi connectivity index (χ3n) is 5.45. The normalized spacial score (nSPS) is 12.1. The van der Waals surface area contributed by atoms with Gasteiger partial charge in [0.05, 0.1) is 0 Å². The molecule has 140 valence electrons. The van der Waals surface area contributed by atoms with Crippen LogP contribution in [0.4, 0.5) is 0 Å². The lowest BCUT2D eigenvalue weighted by Gasteiger charge is -2.39. The van der Waals surface area contributed by atoms with E-state index in [-0.39, 0.29) is 28.1 Å². The molecule has 3 aromatic rings. The van der Waals surface area contributed by atoms with Gasteiger partial charge in [0.15, 0.2) is 0 Å². The Bertz CT molecular complexity index is 846. The average Bonchev–Trinajstić information content (AvgIpc) is 2.62. The summed E-state index contributed by atoms with van der Waals surface area (Å²) in [4.78, 5) is 0. The van der Waals surface area contributed by atoms with Gasteiger partial charge in [-0.25, -0.2) is 0 Å². The molecule has 0 fully saturated rings. The molecule has 3 rings (SSSR count). The van der Waals surface area contributed by atoms with Crippen molar-refractivity contribution in [1.82, 2.24) is 0 Å². The Labute approximate surface area is 160 Å². The van der Waals surface area contributed by atoms with Gasteiger partial charge in [-0.3, -0.25) is 0 Å². The standard InChI is InChI=1S/C24H26O3/c1-23(2,17-4-10-20(25)11-5-17)16-24(3,18-6-12-21(26)13-7-18)19-8-14-22(27)15-9-19/h4-15,25-27H,16H2,1-3H3. The van der Waals surface area contributed by atoms with Gasteiger partial charge < -0.3 is 15.3 Å². The Morgan fingerprint density at radius 3 is 1.15 bits per heavy atom. The fourth-order valence-electron chi connectivity index (χ4n) is 3.93. The van der Waals surface area contributed by atoms with Crippen molar-refractivity contribution in [2.24, 2.45) is 0 Å². The van der Waals surface area contributed by atoms with Gasteiger partial charge >= 0.3 is 0 Å². The molecule has 0 bridgehead atoms. The van der Waals surface area contributed by atoms with E-state index >= 15 is 0 Å². The van der Waals surface area contributed by atoms with Crippen molar-refractivity contribution < 1.29 is 15.3 Å². The molecule has 0 saturated heterocycles. The third-order valence-corrected chi connectivity index (χ3v) is 5.45. The second kappa shape index (κ2) is 6.99. The number of phenolic OH excluding ortho intramolecular Hbond substituents is 3. The zero-order chi connectivity index (χ0) is 19.7. The molecule has 3 N–H and O–H groups in total. The SMILES string of the molecule is CC(C)(CC(C)(c1ccc(O)cc1)c1ccc(O)cc1)c1ccc(O)cc1. The molecule has 27 heavy (non-hydrogen) atoms. The summed E-state index contributed by atoms with van der Waals surface area (Å²) in [5.41, 5.74) is 2.83. The van der Waals surface area contributed by atoms with Gasteiger partial charge in [-0.1, -0.05) is 57.2 Å². The zero-order valence-corrected chi connectivity index (χ0v) is 16.0. The summed E-state index contributed by atoms with van der Waals surface area (Å²) in [6, 6.07) is 22.0. The highest BCUT2D eigenvalue weighted by Crippen LogP contribution is 2.44. The van der Waals surface area contributed by atoms with E-state index in [2.05, 4.69) is 20.8 Å².